The van der Waals surface area contributed by atoms with Crippen LogP contribution in [0.3, 0.4) is 0 Å². The third kappa shape index (κ3) is 6.01. The molecule has 2 aromatic heterocycles. The number of hydrogen-bond acceptors (Lipinski definition) is 6. The summed E-state index contributed by atoms with van der Waals surface area (Å²) in [6.45, 7) is 0. The van der Waals surface area contributed by atoms with E-state index in [-0.39, 0.29) is 12.3 Å². The number of esters is 1. The van der Waals surface area contributed by atoms with Crippen LogP contribution in [0.25, 0.3) is 0 Å². The van der Waals surface area contributed by atoms with E-state index in [1.165, 1.54) is 42.8 Å². The van der Waals surface area contributed by atoms with Crippen molar-refractivity contribution in [3.8, 4) is 11.6 Å². The summed E-state index contributed by atoms with van der Waals surface area (Å²) in [5.74, 6) is -0.268. The Morgan fingerprint density at radius 3 is 2.72 bits per heavy atom. The summed E-state index contributed by atoms with van der Waals surface area (Å²) < 4.78 is 23.4. The van der Waals surface area contributed by atoms with Crippen LogP contribution in [0.2, 0.25) is 0 Å². The smallest absolute Gasteiger partial charge is 0.319 e. The van der Waals surface area contributed by atoms with Crippen LogP contribution < -0.4 is 15.4 Å². The molecule has 0 unspecified atom stereocenters. The molecular weight excluding hydrogens is 397 g/mol. The minimum atomic E-state index is -0.508. The predicted molar refractivity (Wildman–Crippen MR) is 107 cm³/mol. The first-order valence-electron chi connectivity index (χ1n) is 8.60. The Morgan fingerprint density at radius 1 is 1.21 bits per heavy atom. The van der Waals surface area contributed by atoms with Gasteiger partial charge in [-0.1, -0.05) is 12.1 Å². The van der Waals surface area contributed by atoms with Crippen molar-refractivity contribution >= 4 is 29.0 Å². The molecule has 0 bridgehead atoms. The summed E-state index contributed by atoms with van der Waals surface area (Å²) in [5, 5.41) is 7.26. The zero-order valence-electron chi connectivity index (χ0n) is 15.4. The van der Waals surface area contributed by atoms with Crippen molar-refractivity contribution in [2.75, 3.05) is 12.4 Å². The number of ether oxygens (including phenoxy) is 2. The zero-order chi connectivity index (χ0) is 20.6. The lowest BCUT2D eigenvalue weighted by molar-refractivity contribution is -0.141. The van der Waals surface area contributed by atoms with Gasteiger partial charge in [-0.2, -0.15) is 0 Å². The summed E-state index contributed by atoms with van der Waals surface area (Å²) in [6.07, 6.45) is 1.43. The summed E-state index contributed by atoms with van der Waals surface area (Å²) in [7, 11) is 1.30. The van der Waals surface area contributed by atoms with Crippen molar-refractivity contribution in [3.63, 3.8) is 0 Å². The van der Waals surface area contributed by atoms with Gasteiger partial charge in [-0.3, -0.25) is 4.79 Å². The molecule has 0 aliphatic heterocycles. The average molecular weight is 415 g/mol. The Bertz CT molecular complexity index is 964. The molecule has 7 nitrogen and oxygen atoms in total. The zero-order valence-corrected chi connectivity index (χ0v) is 16.2. The van der Waals surface area contributed by atoms with E-state index in [2.05, 4.69) is 15.6 Å². The summed E-state index contributed by atoms with van der Waals surface area (Å²) >= 11 is 1.43. The molecule has 0 aliphatic carbocycles. The van der Waals surface area contributed by atoms with Gasteiger partial charge in [-0.05, 0) is 29.6 Å². The first-order chi connectivity index (χ1) is 14.0. The molecule has 0 saturated carbocycles. The van der Waals surface area contributed by atoms with Gasteiger partial charge in [0, 0.05) is 17.0 Å². The van der Waals surface area contributed by atoms with Crippen molar-refractivity contribution < 1.29 is 23.5 Å². The van der Waals surface area contributed by atoms with E-state index in [1.54, 1.807) is 18.2 Å². The van der Waals surface area contributed by atoms with E-state index in [0.29, 0.717) is 11.4 Å². The fourth-order valence-corrected chi connectivity index (χ4v) is 3.23. The molecule has 0 aliphatic rings. The highest BCUT2D eigenvalue weighted by Crippen LogP contribution is 2.23. The highest BCUT2D eigenvalue weighted by molar-refractivity contribution is 7.10. The maximum absolute atomic E-state index is 13.2. The molecule has 0 saturated heterocycles. The summed E-state index contributed by atoms with van der Waals surface area (Å²) in [5.41, 5.74) is 0.428. The van der Waals surface area contributed by atoms with E-state index < -0.39 is 23.9 Å². The predicted octanol–water partition coefficient (Wildman–Crippen LogP) is 4.50. The lowest BCUT2D eigenvalue weighted by atomic mass is 10.2. The van der Waals surface area contributed by atoms with Gasteiger partial charge in [0.1, 0.15) is 11.6 Å². The highest BCUT2D eigenvalue weighted by atomic mass is 32.1. The maximum atomic E-state index is 13.2. The van der Waals surface area contributed by atoms with Crippen molar-refractivity contribution in [1.29, 1.82) is 0 Å². The standard InChI is InChI=1S/C20H18FN3O4S/c1-27-19(25)11-16(17-6-3-9-29-17)24-20(26)23-14-7-8-18(22-12-14)28-15-5-2-4-13(21)10-15/h2-10,12,16H,11H2,1H3,(H2,23,24,26)/t16-/m0/s1. The molecule has 0 fully saturated rings. The normalized spacial score (nSPS) is 11.4. The van der Waals surface area contributed by atoms with Gasteiger partial charge in [0.05, 0.1) is 31.5 Å². The second kappa shape index (κ2) is 9.65. The molecule has 9 heteroatoms. The molecular formula is C20H18FN3O4S. The number of aromatic nitrogens is 1. The highest BCUT2D eigenvalue weighted by Gasteiger charge is 2.20. The molecule has 3 rings (SSSR count). The Morgan fingerprint density at radius 2 is 2.07 bits per heavy atom. The third-order valence-corrected chi connectivity index (χ3v) is 4.79. The lowest BCUT2D eigenvalue weighted by Crippen LogP contribution is -2.33. The Kier molecular flexibility index (Phi) is 6.75. The number of rotatable bonds is 7. The molecule has 0 radical (unpaired) electrons. The molecule has 3 aromatic rings. The number of carbonyl (C=O) groups excluding carboxylic acids is 2. The van der Waals surface area contributed by atoms with E-state index >= 15 is 0 Å². The number of carbonyl (C=O) groups is 2. The number of anilines is 1. The number of amides is 2. The number of methoxy groups -OCH3 is 1. The van der Waals surface area contributed by atoms with Crippen LogP contribution >= 0.6 is 11.3 Å². The largest absolute Gasteiger partial charge is 0.469 e. The Hall–Kier alpha value is -3.46. The van der Waals surface area contributed by atoms with E-state index in [9.17, 15) is 14.0 Å². The van der Waals surface area contributed by atoms with Crippen LogP contribution in [0.1, 0.15) is 17.3 Å². The van der Waals surface area contributed by atoms with E-state index in [1.807, 2.05) is 17.5 Å². The number of pyridine rings is 1. The van der Waals surface area contributed by atoms with Crippen LogP contribution in [-0.4, -0.2) is 24.1 Å². The van der Waals surface area contributed by atoms with Crippen LogP contribution in [0.5, 0.6) is 11.6 Å². The van der Waals surface area contributed by atoms with E-state index in [4.69, 9.17) is 9.47 Å². The molecule has 0 spiro atoms. The minimum Gasteiger partial charge on any atom is -0.469 e. The summed E-state index contributed by atoms with van der Waals surface area (Å²) in [6, 6.07) is 11.5. The third-order valence-electron chi connectivity index (χ3n) is 3.80. The van der Waals surface area contributed by atoms with Gasteiger partial charge in [0.2, 0.25) is 5.88 Å². The first kappa shape index (κ1) is 20.3. The quantitative estimate of drug-likeness (QED) is 0.555. The number of nitrogens with one attached hydrogen (secondary N) is 2. The summed E-state index contributed by atoms with van der Waals surface area (Å²) in [4.78, 5) is 28.9. The number of urea groups is 1. The first-order valence-corrected chi connectivity index (χ1v) is 9.48. The van der Waals surface area contributed by atoms with Gasteiger partial charge in [-0.15, -0.1) is 11.3 Å². The van der Waals surface area contributed by atoms with Crippen molar-refractivity contribution in [3.05, 3.63) is 70.8 Å². The van der Waals surface area contributed by atoms with Gasteiger partial charge >= 0.3 is 12.0 Å². The van der Waals surface area contributed by atoms with E-state index in [0.717, 1.165) is 4.88 Å². The van der Waals surface area contributed by atoms with Crippen LogP contribution in [0, 0.1) is 5.82 Å². The van der Waals surface area contributed by atoms with Gasteiger partial charge in [-0.25, -0.2) is 14.2 Å². The van der Waals surface area contributed by atoms with Crippen LogP contribution in [0.4, 0.5) is 14.9 Å². The number of thiophene rings is 1. The molecule has 1 atom stereocenters. The molecule has 2 heterocycles. The van der Waals surface area contributed by atoms with Crippen LogP contribution in [-0.2, 0) is 9.53 Å². The number of nitrogens with zero attached hydrogens (tertiary/aromatic N) is 1. The number of hydrogen-bond donors (Lipinski definition) is 2. The monoisotopic (exact) mass is 415 g/mol. The SMILES string of the molecule is COC(=O)C[C@H](NC(=O)Nc1ccc(Oc2cccc(F)c2)nc1)c1cccs1. The maximum Gasteiger partial charge on any atom is 0.319 e. The van der Waals surface area contributed by atoms with Crippen LogP contribution in [0.15, 0.2) is 60.1 Å². The number of halogens is 1. The van der Waals surface area contributed by atoms with Gasteiger partial charge in [0.25, 0.3) is 0 Å². The minimum absolute atomic E-state index is 0.0170. The Balaban J connectivity index is 1.60. The molecule has 150 valence electrons. The van der Waals surface area contributed by atoms with Gasteiger partial charge in [0.15, 0.2) is 0 Å². The second-order valence-corrected chi connectivity index (χ2v) is 6.87. The van der Waals surface area contributed by atoms with Crippen molar-refractivity contribution in [2.24, 2.45) is 0 Å². The molecule has 2 N–H and O–H groups in total. The second-order valence-electron chi connectivity index (χ2n) is 5.89. The number of benzene rings is 1. The average Bonchev–Trinajstić information content (AvgIpc) is 3.24. The van der Waals surface area contributed by atoms with Crippen molar-refractivity contribution in [1.82, 2.24) is 10.3 Å². The fraction of sp³-hybridized carbons (Fsp3) is 0.150. The van der Waals surface area contributed by atoms with Crippen molar-refractivity contribution in [2.45, 2.75) is 12.5 Å². The molecule has 29 heavy (non-hydrogen) atoms. The topological polar surface area (TPSA) is 89.5 Å². The Labute approximate surface area is 170 Å². The molecule has 2 amide bonds. The molecule has 1 aromatic carbocycles. The lowest BCUT2D eigenvalue weighted by Gasteiger charge is -2.17. The fourth-order valence-electron chi connectivity index (χ4n) is 2.45. The van der Waals surface area contributed by atoms with Gasteiger partial charge < -0.3 is 20.1 Å².